The van der Waals surface area contributed by atoms with Crippen molar-refractivity contribution < 1.29 is 37.4 Å². The molecule has 0 aliphatic carbocycles. The van der Waals surface area contributed by atoms with Crippen LogP contribution in [0, 0.1) is 11.8 Å². The number of pyridine rings is 1. The van der Waals surface area contributed by atoms with Crippen LogP contribution in [0.25, 0.3) is 22.4 Å². The molecule has 6 rings (SSSR count). The molecule has 0 bridgehead atoms. The Labute approximate surface area is 327 Å². The van der Waals surface area contributed by atoms with Gasteiger partial charge in [0, 0.05) is 50.0 Å². The minimum absolute atomic E-state index is 0.0106. The van der Waals surface area contributed by atoms with Gasteiger partial charge in [-0.1, -0.05) is 56.6 Å². The quantitative estimate of drug-likeness (QED) is 0.111. The van der Waals surface area contributed by atoms with Crippen LogP contribution in [-0.2, 0) is 4.79 Å². The molecule has 298 valence electrons. The number of benzene rings is 2. The predicted molar refractivity (Wildman–Crippen MR) is 206 cm³/mol. The van der Waals surface area contributed by atoms with Crippen LogP contribution in [0.1, 0.15) is 62.8 Å². The van der Waals surface area contributed by atoms with Gasteiger partial charge in [0.05, 0.1) is 34.2 Å². The smallest absolute Gasteiger partial charge is 0.465 e. The number of amides is 3. The maximum Gasteiger partial charge on any atom is 0.573 e. The second-order valence-electron chi connectivity index (χ2n) is 14.6. The Balaban J connectivity index is 1.21. The first-order valence-corrected chi connectivity index (χ1v) is 18.8. The van der Waals surface area contributed by atoms with E-state index >= 15 is 0 Å². The van der Waals surface area contributed by atoms with E-state index < -0.39 is 36.2 Å². The lowest BCUT2D eigenvalue weighted by atomic mass is 9.91. The zero-order valence-electron chi connectivity index (χ0n) is 31.3. The van der Waals surface area contributed by atoms with Gasteiger partial charge < -0.3 is 40.6 Å². The van der Waals surface area contributed by atoms with Crippen molar-refractivity contribution in [3.8, 4) is 28.1 Å². The van der Waals surface area contributed by atoms with E-state index in [0.717, 1.165) is 32.1 Å². The summed E-state index contributed by atoms with van der Waals surface area (Å²) in [5.41, 5.74) is 1.79. The third kappa shape index (κ3) is 9.36. The van der Waals surface area contributed by atoms with Crippen molar-refractivity contribution in [2.24, 2.45) is 11.8 Å². The molecule has 56 heavy (non-hydrogen) atoms. The van der Waals surface area contributed by atoms with Gasteiger partial charge in [-0.25, -0.2) is 14.8 Å². The molecule has 2 aromatic heterocycles. The van der Waals surface area contributed by atoms with Crippen LogP contribution in [-0.4, -0.2) is 87.5 Å². The maximum atomic E-state index is 13.7. The number of alkyl halides is 3. The summed E-state index contributed by atoms with van der Waals surface area (Å²) in [7, 11) is 0. The Bertz CT molecular complexity index is 2040. The molecule has 0 saturated carbocycles. The highest BCUT2D eigenvalue weighted by atomic mass is 35.5. The van der Waals surface area contributed by atoms with E-state index in [9.17, 15) is 32.7 Å². The summed E-state index contributed by atoms with van der Waals surface area (Å²) < 4.78 is 45.4. The van der Waals surface area contributed by atoms with Gasteiger partial charge in [0.2, 0.25) is 5.91 Å². The Morgan fingerprint density at radius 1 is 1.02 bits per heavy atom. The number of H-pyrrole nitrogens is 1. The number of carboxylic acid groups (broad SMARTS) is 1. The molecule has 5 N–H and O–H groups in total. The number of anilines is 2. The lowest BCUT2D eigenvalue weighted by Gasteiger charge is -2.40. The number of imidazole rings is 1. The molecule has 2 saturated heterocycles. The van der Waals surface area contributed by atoms with E-state index in [4.69, 9.17) is 11.6 Å². The molecule has 3 amide bonds. The molecule has 2 aliphatic heterocycles. The molecule has 17 heteroatoms. The van der Waals surface area contributed by atoms with Crippen LogP contribution in [0.15, 0.2) is 60.9 Å². The number of halogens is 4. The fourth-order valence-electron chi connectivity index (χ4n) is 7.14. The minimum Gasteiger partial charge on any atom is -0.465 e. The summed E-state index contributed by atoms with van der Waals surface area (Å²) in [6, 6.07) is 11.2. The first kappa shape index (κ1) is 40.3. The van der Waals surface area contributed by atoms with Gasteiger partial charge in [-0.05, 0) is 60.9 Å². The van der Waals surface area contributed by atoms with Gasteiger partial charge in [0.15, 0.2) is 0 Å². The summed E-state index contributed by atoms with van der Waals surface area (Å²) in [5.74, 6) is -0.323. The number of piperidine rings is 1. The van der Waals surface area contributed by atoms with E-state index in [1.165, 1.54) is 12.3 Å². The number of likely N-dealkylation sites (tertiary alicyclic amines) is 1. The predicted octanol–water partition coefficient (Wildman–Crippen LogP) is 7.33. The van der Waals surface area contributed by atoms with Gasteiger partial charge in [-0.3, -0.25) is 9.59 Å². The Hall–Kier alpha value is -5.35. The van der Waals surface area contributed by atoms with Crippen LogP contribution in [0.4, 0.5) is 29.5 Å². The van der Waals surface area contributed by atoms with Crippen LogP contribution >= 0.6 is 11.6 Å². The second-order valence-corrected chi connectivity index (χ2v) is 15.0. The Kier molecular flexibility index (Phi) is 12.1. The third-order valence-electron chi connectivity index (χ3n) is 10.1. The third-order valence-corrected chi connectivity index (χ3v) is 10.4. The number of ether oxygens (including phenoxy) is 1. The number of nitrogens with one attached hydrogen (secondary N) is 4. The number of nitrogens with zero attached hydrogens (tertiary/aromatic N) is 4. The van der Waals surface area contributed by atoms with Gasteiger partial charge in [-0.2, -0.15) is 0 Å². The topological polar surface area (TPSA) is 165 Å². The lowest BCUT2D eigenvalue weighted by Crippen LogP contribution is -2.54. The average Bonchev–Trinajstić information content (AvgIpc) is 3.64. The van der Waals surface area contributed by atoms with Crippen LogP contribution in [0.3, 0.4) is 0 Å². The monoisotopic (exact) mass is 796 g/mol. The van der Waals surface area contributed by atoms with Crippen LogP contribution in [0.2, 0.25) is 5.02 Å². The van der Waals surface area contributed by atoms with Gasteiger partial charge in [-0.15, -0.1) is 13.2 Å². The summed E-state index contributed by atoms with van der Waals surface area (Å²) in [4.78, 5) is 54.4. The molecule has 4 aromatic rings. The van der Waals surface area contributed by atoms with Crippen molar-refractivity contribution in [1.82, 2.24) is 30.5 Å². The fourth-order valence-corrected chi connectivity index (χ4v) is 7.35. The maximum absolute atomic E-state index is 13.7. The van der Waals surface area contributed by atoms with Crippen molar-refractivity contribution in [3.63, 3.8) is 0 Å². The van der Waals surface area contributed by atoms with Gasteiger partial charge >= 0.3 is 12.5 Å². The number of aromatic amines is 1. The Morgan fingerprint density at radius 2 is 1.75 bits per heavy atom. The highest BCUT2D eigenvalue weighted by molar-refractivity contribution is 6.34. The molecular formula is C39H44ClF3N8O5. The van der Waals surface area contributed by atoms with Crippen molar-refractivity contribution in [3.05, 3.63) is 77.3 Å². The molecular weight excluding hydrogens is 753 g/mol. The van der Waals surface area contributed by atoms with Gasteiger partial charge in [0.1, 0.15) is 23.4 Å². The molecule has 0 unspecified atom stereocenters. The van der Waals surface area contributed by atoms with Crippen molar-refractivity contribution >= 4 is 41.0 Å². The summed E-state index contributed by atoms with van der Waals surface area (Å²) >= 11 is 6.55. The summed E-state index contributed by atoms with van der Waals surface area (Å²) in [6.45, 7) is 10.5. The zero-order valence-corrected chi connectivity index (χ0v) is 32.0. The van der Waals surface area contributed by atoms with Crippen LogP contribution in [0.5, 0.6) is 5.75 Å². The number of carbonyl (C=O) groups excluding carboxylic acids is 2. The molecule has 0 radical (unpaired) electrons. The number of carbonyl (C=O) groups is 3. The SMILES string of the molecule is CC(C)[C@H](NC(=O)O)C(=O)N1C[C@@H](C)CC[C@H]1c1ncc(-c2ccc(-c3cc(Cl)c(NC(=O)c4ccc(N5CCNC[C@H]5C)nc4)cc3OC(F)(F)F)cc2)[nH]1. The highest BCUT2D eigenvalue weighted by Crippen LogP contribution is 2.41. The molecule has 4 heterocycles. The number of hydrogen-bond acceptors (Lipinski definition) is 8. The lowest BCUT2D eigenvalue weighted by molar-refractivity contribution is -0.274. The highest BCUT2D eigenvalue weighted by Gasteiger charge is 2.38. The minimum atomic E-state index is -5.04. The number of hydrogen-bond donors (Lipinski definition) is 5. The molecule has 0 spiro atoms. The summed E-state index contributed by atoms with van der Waals surface area (Å²) in [6.07, 6.45) is -1.84. The zero-order chi connectivity index (χ0) is 40.3. The normalized spacial score (nSPS) is 19.4. The molecule has 2 aliphatic rings. The molecule has 4 atom stereocenters. The largest absolute Gasteiger partial charge is 0.573 e. The second kappa shape index (κ2) is 16.8. The Morgan fingerprint density at radius 3 is 2.39 bits per heavy atom. The molecule has 2 aromatic carbocycles. The first-order valence-electron chi connectivity index (χ1n) is 18.4. The standard InChI is InChI=1S/C39H44ClF3N8O5/c1-21(2)34(49-38(54)55)37(53)51-20-22(3)5-11-31(51)35-46-19-30(47-35)25-8-6-24(7-9-25)27-15-28(40)29(16-32(27)56-39(41,42)43)48-36(52)26-10-12-33(45-18-26)50-14-13-44-17-23(50)4/h6-10,12,15-16,18-19,21-23,31,34,44,49H,5,11,13-14,17,20H2,1-4H3,(H,46,47)(H,48,52)(H,54,55)/t22-,23+,31-,34-/m0/s1. The first-order chi connectivity index (χ1) is 26.6. The molecule has 2 fully saturated rings. The fraction of sp³-hybridized carbons (Fsp3) is 0.410. The van der Waals surface area contributed by atoms with E-state index in [2.05, 4.69) is 47.5 Å². The number of piperazine rings is 1. The van der Waals surface area contributed by atoms with E-state index in [1.807, 2.05) is 6.92 Å². The average molecular weight is 797 g/mol. The van der Waals surface area contributed by atoms with E-state index in [-0.39, 0.29) is 45.6 Å². The van der Waals surface area contributed by atoms with Crippen molar-refractivity contribution in [2.75, 3.05) is 36.4 Å². The van der Waals surface area contributed by atoms with Crippen molar-refractivity contribution in [1.29, 1.82) is 0 Å². The molecule has 13 nitrogen and oxygen atoms in total. The van der Waals surface area contributed by atoms with Crippen molar-refractivity contribution in [2.45, 2.75) is 65.0 Å². The van der Waals surface area contributed by atoms with E-state index in [1.54, 1.807) is 61.3 Å². The summed E-state index contributed by atoms with van der Waals surface area (Å²) in [5, 5.41) is 17.6. The van der Waals surface area contributed by atoms with E-state index in [0.29, 0.717) is 41.4 Å². The number of rotatable bonds is 10. The number of aromatic nitrogens is 3. The van der Waals surface area contributed by atoms with Gasteiger partial charge in [0.25, 0.3) is 5.91 Å². The van der Waals surface area contributed by atoms with Crippen LogP contribution < -0.4 is 25.6 Å².